The normalized spacial score (nSPS) is 12.9. The van der Waals surface area contributed by atoms with E-state index in [0.717, 1.165) is 28.6 Å². The summed E-state index contributed by atoms with van der Waals surface area (Å²) >= 11 is 1.44. The molecule has 7 heteroatoms. The van der Waals surface area contributed by atoms with Gasteiger partial charge in [0.1, 0.15) is 6.10 Å². The van der Waals surface area contributed by atoms with Gasteiger partial charge in [-0.3, -0.25) is 0 Å². The summed E-state index contributed by atoms with van der Waals surface area (Å²) in [6.07, 6.45) is 1.73. The first-order valence-electron chi connectivity index (χ1n) is 6.74. The maximum absolute atomic E-state index is 5.71. The second-order valence-corrected chi connectivity index (χ2v) is 5.77. The first-order valence-corrected chi connectivity index (χ1v) is 7.55. The summed E-state index contributed by atoms with van der Waals surface area (Å²) in [5.74, 6) is 1.07. The molecule has 3 aromatic rings. The average Bonchev–Trinajstić information content (AvgIpc) is 3.09. The number of nitrogens with zero attached hydrogens (tertiary/aromatic N) is 3. The molecule has 110 valence electrons. The molecule has 0 spiro atoms. The molecule has 6 nitrogen and oxygen atoms in total. The van der Waals surface area contributed by atoms with Crippen LogP contribution in [0, 0.1) is 0 Å². The Kier molecular flexibility index (Phi) is 3.85. The van der Waals surface area contributed by atoms with Crippen molar-refractivity contribution in [3.63, 3.8) is 0 Å². The predicted molar refractivity (Wildman–Crippen MR) is 82.0 cm³/mol. The Labute approximate surface area is 125 Å². The Balaban J connectivity index is 1.93. The number of anilines is 1. The van der Waals surface area contributed by atoms with Crippen molar-refractivity contribution < 1.29 is 9.26 Å². The van der Waals surface area contributed by atoms with E-state index in [0.29, 0.717) is 16.8 Å². The van der Waals surface area contributed by atoms with Gasteiger partial charge < -0.3 is 15.0 Å². The van der Waals surface area contributed by atoms with Gasteiger partial charge in [0.05, 0.1) is 10.2 Å². The first kappa shape index (κ1) is 14.0. The van der Waals surface area contributed by atoms with Crippen LogP contribution in [0.1, 0.15) is 31.7 Å². The molecule has 0 amide bonds. The second-order valence-electron chi connectivity index (χ2n) is 4.71. The molecular formula is C14H16N4O2S. The topological polar surface area (TPSA) is 87.1 Å². The zero-order chi connectivity index (χ0) is 14.8. The van der Waals surface area contributed by atoms with E-state index in [-0.39, 0.29) is 6.10 Å². The smallest absolute Gasteiger partial charge is 0.258 e. The number of hydrogen-bond donors (Lipinski definition) is 1. The van der Waals surface area contributed by atoms with Gasteiger partial charge in [-0.15, -0.1) is 0 Å². The van der Waals surface area contributed by atoms with Crippen LogP contribution in [0.4, 0.5) is 5.13 Å². The summed E-state index contributed by atoms with van der Waals surface area (Å²) in [4.78, 5) is 8.66. The monoisotopic (exact) mass is 304 g/mol. The third-order valence-electron chi connectivity index (χ3n) is 3.22. The molecule has 0 aliphatic rings. The lowest BCUT2D eigenvalue weighted by Gasteiger charge is -2.08. The maximum atomic E-state index is 5.71. The Morgan fingerprint density at radius 1 is 1.38 bits per heavy atom. The van der Waals surface area contributed by atoms with Crippen LogP contribution in [-0.2, 0) is 4.74 Å². The highest BCUT2D eigenvalue weighted by atomic mass is 32.1. The van der Waals surface area contributed by atoms with Crippen LogP contribution in [0.5, 0.6) is 0 Å². The standard InChI is InChI=1S/C14H16N4O2S/c1-3-4-10(19-2)12-17-13(20-18-12)8-5-6-9-11(7-8)21-14(15)16-9/h5-7,10H,3-4H2,1-2H3,(H2,15,16). The summed E-state index contributed by atoms with van der Waals surface area (Å²) in [6.45, 7) is 2.09. The molecule has 1 atom stereocenters. The number of fused-ring (bicyclic) bond motifs is 1. The SMILES string of the molecule is CCCC(OC)c1noc(-c2ccc3nc(N)sc3c2)n1. The summed E-state index contributed by atoms with van der Waals surface area (Å²) in [5, 5.41) is 4.57. The van der Waals surface area contributed by atoms with Crippen molar-refractivity contribution in [2.75, 3.05) is 12.8 Å². The lowest BCUT2D eigenvalue weighted by molar-refractivity contribution is 0.0854. The molecule has 2 N–H and O–H groups in total. The molecule has 0 saturated carbocycles. The van der Waals surface area contributed by atoms with Crippen molar-refractivity contribution in [1.82, 2.24) is 15.1 Å². The second kappa shape index (κ2) is 5.79. The number of rotatable bonds is 5. The molecule has 0 fully saturated rings. The Hall–Kier alpha value is -1.99. The molecule has 1 unspecified atom stereocenters. The highest BCUT2D eigenvalue weighted by molar-refractivity contribution is 7.22. The van der Waals surface area contributed by atoms with E-state index in [9.17, 15) is 0 Å². The molecule has 1 aromatic carbocycles. The fourth-order valence-corrected chi connectivity index (χ4v) is 2.95. The van der Waals surface area contributed by atoms with E-state index in [4.69, 9.17) is 15.0 Å². The largest absolute Gasteiger partial charge is 0.375 e. The molecule has 3 rings (SSSR count). The van der Waals surface area contributed by atoms with Gasteiger partial charge in [-0.2, -0.15) is 4.98 Å². The van der Waals surface area contributed by atoms with Gasteiger partial charge in [-0.05, 0) is 24.6 Å². The quantitative estimate of drug-likeness (QED) is 0.777. The fraction of sp³-hybridized carbons (Fsp3) is 0.357. The Morgan fingerprint density at radius 2 is 2.24 bits per heavy atom. The summed E-state index contributed by atoms with van der Waals surface area (Å²) in [6, 6.07) is 5.77. The lowest BCUT2D eigenvalue weighted by atomic mass is 10.2. The van der Waals surface area contributed by atoms with Crippen LogP contribution < -0.4 is 5.73 Å². The van der Waals surface area contributed by atoms with Crippen LogP contribution in [0.15, 0.2) is 22.7 Å². The zero-order valence-electron chi connectivity index (χ0n) is 11.9. The van der Waals surface area contributed by atoms with Gasteiger partial charge in [0.15, 0.2) is 5.13 Å². The summed E-state index contributed by atoms with van der Waals surface area (Å²) in [5.41, 5.74) is 7.45. The van der Waals surface area contributed by atoms with Crippen LogP contribution in [-0.4, -0.2) is 22.2 Å². The average molecular weight is 304 g/mol. The minimum Gasteiger partial charge on any atom is -0.375 e. The van der Waals surface area contributed by atoms with Gasteiger partial charge in [0.25, 0.3) is 5.89 Å². The van der Waals surface area contributed by atoms with Crippen molar-refractivity contribution in [3.8, 4) is 11.5 Å². The van der Waals surface area contributed by atoms with Crippen molar-refractivity contribution >= 4 is 26.7 Å². The molecule has 0 saturated heterocycles. The molecule has 2 heterocycles. The van der Waals surface area contributed by atoms with Crippen molar-refractivity contribution in [3.05, 3.63) is 24.0 Å². The number of thiazole rings is 1. The first-order chi connectivity index (χ1) is 10.2. The number of nitrogen functional groups attached to an aromatic ring is 1. The molecule has 2 aromatic heterocycles. The van der Waals surface area contributed by atoms with E-state index >= 15 is 0 Å². The Morgan fingerprint density at radius 3 is 3.00 bits per heavy atom. The van der Waals surface area contributed by atoms with E-state index < -0.39 is 0 Å². The maximum Gasteiger partial charge on any atom is 0.258 e. The molecule has 0 bridgehead atoms. The van der Waals surface area contributed by atoms with Crippen LogP contribution in [0.2, 0.25) is 0 Å². The third kappa shape index (κ3) is 2.74. The fourth-order valence-electron chi connectivity index (χ4n) is 2.17. The zero-order valence-corrected chi connectivity index (χ0v) is 12.7. The van der Waals surface area contributed by atoms with Crippen LogP contribution in [0.3, 0.4) is 0 Å². The van der Waals surface area contributed by atoms with Crippen molar-refractivity contribution in [2.24, 2.45) is 0 Å². The Bertz CT molecular complexity index is 752. The van der Waals surface area contributed by atoms with E-state index in [1.165, 1.54) is 11.3 Å². The van der Waals surface area contributed by atoms with Gasteiger partial charge in [-0.1, -0.05) is 29.8 Å². The van der Waals surface area contributed by atoms with Crippen LogP contribution in [0.25, 0.3) is 21.7 Å². The summed E-state index contributed by atoms with van der Waals surface area (Å²) < 4.78 is 11.7. The molecule has 0 aliphatic heterocycles. The number of benzene rings is 1. The minimum atomic E-state index is -0.129. The van der Waals surface area contributed by atoms with Crippen LogP contribution >= 0.6 is 11.3 Å². The molecule has 21 heavy (non-hydrogen) atoms. The van der Waals surface area contributed by atoms with Gasteiger partial charge in [0, 0.05) is 12.7 Å². The molecular weight excluding hydrogens is 288 g/mol. The highest BCUT2D eigenvalue weighted by Crippen LogP contribution is 2.29. The van der Waals surface area contributed by atoms with E-state index in [1.54, 1.807) is 7.11 Å². The highest BCUT2D eigenvalue weighted by Gasteiger charge is 2.18. The molecule has 0 aliphatic carbocycles. The predicted octanol–water partition coefficient (Wildman–Crippen LogP) is 3.42. The number of ether oxygens (including phenoxy) is 1. The number of methoxy groups -OCH3 is 1. The van der Waals surface area contributed by atoms with E-state index in [1.807, 2.05) is 18.2 Å². The lowest BCUT2D eigenvalue weighted by Crippen LogP contribution is -2.03. The molecule has 0 radical (unpaired) electrons. The third-order valence-corrected chi connectivity index (χ3v) is 4.06. The van der Waals surface area contributed by atoms with Crippen molar-refractivity contribution in [1.29, 1.82) is 0 Å². The van der Waals surface area contributed by atoms with Gasteiger partial charge in [-0.25, -0.2) is 4.98 Å². The van der Waals surface area contributed by atoms with Gasteiger partial charge in [0.2, 0.25) is 5.82 Å². The minimum absolute atomic E-state index is 0.129. The summed E-state index contributed by atoms with van der Waals surface area (Å²) in [7, 11) is 1.66. The number of aromatic nitrogens is 3. The number of hydrogen-bond acceptors (Lipinski definition) is 7. The van der Waals surface area contributed by atoms with Gasteiger partial charge >= 0.3 is 0 Å². The van der Waals surface area contributed by atoms with Crippen molar-refractivity contribution in [2.45, 2.75) is 25.9 Å². The van der Waals surface area contributed by atoms with E-state index in [2.05, 4.69) is 22.0 Å². The number of nitrogens with two attached hydrogens (primary N) is 1.